The highest BCUT2D eigenvalue weighted by molar-refractivity contribution is 7.98. The van der Waals surface area contributed by atoms with Gasteiger partial charge in [0.15, 0.2) is 0 Å². The second-order valence-electron chi connectivity index (χ2n) is 4.60. The Bertz CT molecular complexity index is 465. The number of carbonyl (C=O) groups is 1. The van der Waals surface area contributed by atoms with Gasteiger partial charge in [-0.05, 0) is 25.3 Å². The summed E-state index contributed by atoms with van der Waals surface area (Å²) in [6, 6.07) is 7.22. The van der Waals surface area contributed by atoms with E-state index in [4.69, 9.17) is 14.2 Å². The predicted molar refractivity (Wildman–Crippen MR) is 75.2 cm³/mol. The molecular formula is C14H18O5S. The molecule has 0 spiro atoms. The van der Waals surface area contributed by atoms with Crippen molar-refractivity contribution in [3.8, 4) is 5.75 Å². The number of benzene rings is 1. The Kier molecular flexibility index (Phi) is 5.28. The highest BCUT2D eigenvalue weighted by Gasteiger charge is 2.32. The number of aliphatic hydroxyl groups excluding tert-OH is 1. The zero-order valence-corrected chi connectivity index (χ0v) is 12.3. The fraction of sp³-hybridized carbons (Fsp3) is 0.500. The summed E-state index contributed by atoms with van der Waals surface area (Å²) >= 11 is 1.48. The number of para-hydroxylation sites is 1. The van der Waals surface area contributed by atoms with E-state index in [1.54, 1.807) is 12.1 Å². The third-order valence-corrected chi connectivity index (χ3v) is 3.81. The Morgan fingerprint density at radius 1 is 1.50 bits per heavy atom. The van der Waals surface area contributed by atoms with Crippen LogP contribution in [0, 0.1) is 0 Å². The van der Waals surface area contributed by atoms with E-state index < -0.39 is 18.4 Å². The molecule has 20 heavy (non-hydrogen) atoms. The maximum Gasteiger partial charge on any atom is 0.513 e. The lowest BCUT2D eigenvalue weighted by atomic mass is 10.1. The van der Waals surface area contributed by atoms with Crippen molar-refractivity contribution in [2.24, 2.45) is 0 Å². The molecule has 1 unspecified atom stereocenters. The summed E-state index contributed by atoms with van der Waals surface area (Å²) in [5.74, 6) is 0.464. The number of aliphatic hydroxyl groups is 1. The van der Waals surface area contributed by atoms with Crippen LogP contribution in [-0.4, -0.2) is 42.4 Å². The topological polar surface area (TPSA) is 65.0 Å². The Morgan fingerprint density at radius 2 is 2.25 bits per heavy atom. The maximum absolute atomic E-state index is 11.6. The number of thioether (sulfide) groups is 1. The van der Waals surface area contributed by atoms with Gasteiger partial charge in [-0.2, -0.15) is 0 Å². The third kappa shape index (κ3) is 3.88. The first kappa shape index (κ1) is 15.2. The Morgan fingerprint density at radius 3 is 2.90 bits per heavy atom. The Labute approximate surface area is 122 Å². The molecule has 0 aromatic heterocycles. The molecule has 0 aliphatic carbocycles. The van der Waals surface area contributed by atoms with Gasteiger partial charge in [-0.3, -0.25) is 0 Å². The van der Waals surface area contributed by atoms with Crippen LogP contribution in [0.3, 0.4) is 0 Å². The summed E-state index contributed by atoms with van der Waals surface area (Å²) in [4.78, 5) is 12.5. The van der Waals surface area contributed by atoms with Crippen molar-refractivity contribution in [1.29, 1.82) is 0 Å². The van der Waals surface area contributed by atoms with E-state index in [9.17, 15) is 9.90 Å². The van der Waals surface area contributed by atoms with Gasteiger partial charge in [-0.1, -0.05) is 12.1 Å². The van der Waals surface area contributed by atoms with E-state index in [0.717, 1.165) is 4.90 Å². The molecule has 110 valence electrons. The number of hydrogen-bond donors (Lipinski definition) is 1. The molecule has 6 heteroatoms. The van der Waals surface area contributed by atoms with Crippen LogP contribution in [-0.2, 0) is 9.47 Å². The average molecular weight is 298 g/mol. The Hall–Kier alpha value is -1.24. The van der Waals surface area contributed by atoms with Crippen LogP contribution in [0.4, 0.5) is 4.79 Å². The number of hydrogen-bond acceptors (Lipinski definition) is 6. The summed E-state index contributed by atoms with van der Waals surface area (Å²) in [6.07, 6.45) is 0.564. The monoisotopic (exact) mass is 298 g/mol. The van der Waals surface area contributed by atoms with Gasteiger partial charge in [0.05, 0.1) is 17.1 Å². The SMILES string of the molecule is CSc1ccccc1OC(=O)OC[C@H]1O[C@@H](C)CC1O. The highest BCUT2D eigenvalue weighted by atomic mass is 32.2. The first-order valence-corrected chi connectivity index (χ1v) is 7.63. The van der Waals surface area contributed by atoms with Gasteiger partial charge in [0, 0.05) is 6.42 Å². The van der Waals surface area contributed by atoms with Gasteiger partial charge < -0.3 is 19.3 Å². The van der Waals surface area contributed by atoms with Crippen LogP contribution in [0.5, 0.6) is 5.75 Å². The summed E-state index contributed by atoms with van der Waals surface area (Å²) < 4.78 is 15.6. The summed E-state index contributed by atoms with van der Waals surface area (Å²) in [5.41, 5.74) is 0. The van der Waals surface area contributed by atoms with Crippen LogP contribution >= 0.6 is 11.8 Å². The van der Waals surface area contributed by atoms with Crippen LogP contribution in [0.1, 0.15) is 13.3 Å². The van der Waals surface area contributed by atoms with E-state index in [0.29, 0.717) is 12.2 Å². The second kappa shape index (κ2) is 6.97. The van der Waals surface area contributed by atoms with Crippen molar-refractivity contribution >= 4 is 17.9 Å². The second-order valence-corrected chi connectivity index (χ2v) is 5.45. The largest absolute Gasteiger partial charge is 0.513 e. The normalized spacial score (nSPS) is 25.4. The van der Waals surface area contributed by atoms with Crippen LogP contribution in [0.25, 0.3) is 0 Å². The molecule has 0 amide bonds. The highest BCUT2D eigenvalue weighted by Crippen LogP contribution is 2.27. The van der Waals surface area contributed by atoms with E-state index in [1.807, 2.05) is 25.3 Å². The molecule has 1 N–H and O–H groups in total. The molecule has 1 heterocycles. The zero-order valence-electron chi connectivity index (χ0n) is 11.4. The van der Waals surface area contributed by atoms with Crippen molar-refractivity contribution in [2.75, 3.05) is 12.9 Å². The zero-order chi connectivity index (χ0) is 14.5. The molecule has 1 saturated heterocycles. The molecule has 0 saturated carbocycles. The summed E-state index contributed by atoms with van der Waals surface area (Å²) in [6.45, 7) is 1.86. The minimum Gasteiger partial charge on any atom is -0.431 e. The van der Waals surface area contributed by atoms with Crippen molar-refractivity contribution in [1.82, 2.24) is 0 Å². The van der Waals surface area contributed by atoms with E-state index >= 15 is 0 Å². The van der Waals surface area contributed by atoms with Crippen LogP contribution in [0.15, 0.2) is 29.2 Å². The first-order valence-electron chi connectivity index (χ1n) is 6.41. The molecule has 2 rings (SSSR count). The molecule has 0 bridgehead atoms. The van der Waals surface area contributed by atoms with Crippen molar-refractivity contribution in [3.05, 3.63) is 24.3 Å². The molecule has 1 fully saturated rings. The minimum absolute atomic E-state index is 0.00816. The number of carbonyl (C=O) groups excluding carboxylic acids is 1. The maximum atomic E-state index is 11.6. The first-order chi connectivity index (χ1) is 9.60. The lowest BCUT2D eigenvalue weighted by molar-refractivity contribution is -0.0293. The standard InChI is InChI=1S/C14H18O5S/c1-9-7-10(15)12(18-9)8-17-14(16)19-11-5-3-4-6-13(11)20-2/h3-6,9-10,12,15H,7-8H2,1-2H3/t9-,10?,12+/m0/s1. The van der Waals surface area contributed by atoms with Crippen molar-refractivity contribution in [2.45, 2.75) is 36.6 Å². The molecule has 1 aliphatic rings. The molecule has 1 aromatic rings. The van der Waals surface area contributed by atoms with Gasteiger partial charge >= 0.3 is 6.16 Å². The van der Waals surface area contributed by atoms with E-state index in [-0.39, 0.29) is 12.7 Å². The lowest BCUT2D eigenvalue weighted by Gasteiger charge is -2.14. The van der Waals surface area contributed by atoms with Crippen molar-refractivity contribution in [3.63, 3.8) is 0 Å². The quantitative estimate of drug-likeness (QED) is 0.523. The minimum atomic E-state index is -0.790. The molecular weight excluding hydrogens is 280 g/mol. The van der Waals surface area contributed by atoms with Gasteiger partial charge in [-0.25, -0.2) is 4.79 Å². The van der Waals surface area contributed by atoms with Crippen LogP contribution < -0.4 is 4.74 Å². The van der Waals surface area contributed by atoms with E-state index in [1.165, 1.54) is 11.8 Å². The van der Waals surface area contributed by atoms with E-state index in [2.05, 4.69) is 0 Å². The molecule has 1 aliphatic heterocycles. The smallest absolute Gasteiger partial charge is 0.431 e. The third-order valence-electron chi connectivity index (χ3n) is 3.04. The fourth-order valence-corrected chi connectivity index (χ4v) is 2.58. The van der Waals surface area contributed by atoms with Gasteiger partial charge in [0.25, 0.3) is 0 Å². The fourth-order valence-electron chi connectivity index (χ4n) is 2.06. The predicted octanol–water partition coefficient (Wildman–Crippen LogP) is 2.46. The number of ether oxygens (including phenoxy) is 3. The van der Waals surface area contributed by atoms with Crippen LogP contribution in [0.2, 0.25) is 0 Å². The van der Waals surface area contributed by atoms with Crippen molar-refractivity contribution < 1.29 is 24.1 Å². The summed E-state index contributed by atoms with van der Waals surface area (Å²) in [5, 5.41) is 9.68. The number of rotatable bonds is 4. The molecule has 3 atom stereocenters. The van der Waals surface area contributed by atoms with Gasteiger partial charge in [0.1, 0.15) is 18.5 Å². The lowest BCUT2D eigenvalue weighted by Crippen LogP contribution is -2.28. The Balaban J connectivity index is 1.84. The van der Waals surface area contributed by atoms with Gasteiger partial charge in [-0.15, -0.1) is 11.8 Å². The van der Waals surface area contributed by atoms with Gasteiger partial charge in [0.2, 0.25) is 0 Å². The molecule has 0 radical (unpaired) electrons. The molecule has 1 aromatic carbocycles. The summed E-state index contributed by atoms with van der Waals surface area (Å²) in [7, 11) is 0. The average Bonchev–Trinajstić information content (AvgIpc) is 2.75. The molecule has 5 nitrogen and oxygen atoms in total.